The van der Waals surface area contributed by atoms with Gasteiger partial charge in [-0.05, 0) is 37.0 Å². The predicted octanol–water partition coefficient (Wildman–Crippen LogP) is 3.11. The Hall–Kier alpha value is -1.60. The topological polar surface area (TPSA) is 38.7 Å². The van der Waals surface area contributed by atoms with Gasteiger partial charge in [0.05, 0.1) is 12.6 Å². The Morgan fingerprint density at radius 1 is 1.35 bits per heavy atom. The van der Waals surface area contributed by atoms with Crippen molar-refractivity contribution in [2.45, 2.75) is 38.1 Å². The Morgan fingerprint density at radius 2 is 2.06 bits per heavy atom. The molecule has 0 aromatic heterocycles. The van der Waals surface area contributed by atoms with Crippen molar-refractivity contribution in [1.82, 2.24) is 0 Å². The fraction of sp³-hybridized carbons (Fsp3) is 0.500. The third-order valence-electron chi connectivity index (χ3n) is 3.70. The van der Waals surface area contributed by atoms with E-state index in [1.807, 2.05) is 25.1 Å². The molecule has 1 aromatic rings. The third-order valence-corrected chi connectivity index (χ3v) is 3.70. The molecule has 0 radical (unpaired) electrons. The van der Waals surface area contributed by atoms with Crippen molar-refractivity contribution in [2.75, 3.05) is 7.11 Å². The van der Waals surface area contributed by atoms with Crippen LogP contribution in [-0.2, 0) is 10.3 Å². The quantitative estimate of drug-likeness (QED) is 0.592. The minimum absolute atomic E-state index is 0.361. The van der Waals surface area contributed by atoms with Crippen molar-refractivity contribution in [3.05, 3.63) is 29.3 Å². The second kappa shape index (κ2) is 4.72. The van der Waals surface area contributed by atoms with Crippen molar-refractivity contribution in [3.63, 3.8) is 0 Å². The monoisotopic (exact) mass is 231 g/mol. The summed E-state index contributed by atoms with van der Waals surface area (Å²) in [6.45, 7) is 2.02. The van der Waals surface area contributed by atoms with Gasteiger partial charge in [-0.25, -0.2) is 4.79 Å². The highest BCUT2D eigenvalue weighted by Crippen LogP contribution is 2.44. The summed E-state index contributed by atoms with van der Waals surface area (Å²) in [6.07, 6.45) is 5.83. The highest BCUT2D eigenvalue weighted by Gasteiger charge is 2.37. The number of ether oxygens (including phenoxy) is 1. The minimum Gasteiger partial charge on any atom is -0.496 e. The molecule has 0 bridgehead atoms. The first-order valence-corrected chi connectivity index (χ1v) is 5.96. The molecule has 0 saturated heterocycles. The number of aliphatic imine (C=N–C) groups is 1. The van der Waals surface area contributed by atoms with Gasteiger partial charge < -0.3 is 4.74 Å². The molecule has 1 fully saturated rings. The maximum absolute atomic E-state index is 10.7. The molecule has 1 saturated carbocycles. The van der Waals surface area contributed by atoms with Gasteiger partial charge in [0.1, 0.15) is 5.75 Å². The van der Waals surface area contributed by atoms with Crippen LogP contribution in [0.4, 0.5) is 0 Å². The second-order valence-corrected chi connectivity index (χ2v) is 4.57. The minimum atomic E-state index is -0.361. The number of nitrogens with zero attached hydrogens (tertiary/aromatic N) is 1. The van der Waals surface area contributed by atoms with E-state index in [9.17, 15) is 4.79 Å². The van der Waals surface area contributed by atoms with Gasteiger partial charge in [-0.3, -0.25) is 0 Å². The number of hydrogen-bond acceptors (Lipinski definition) is 3. The van der Waals surface area contributed by atoms with Crippen LogP contribution in [0.3, 0.4) is 0 Å². The first-order chi connectivity index (χ1) is 8.23. The molecule has 17 heavy (non-hydrogen) atoms. The van der Waals surface area contributed by atoms with Gasteiger partial charge in [0, 0.05) is 0 Å². The number of isocyanates is 1. The fourth-order valence-electron chi connectivity index (χ4n) is 2.83. The van der Waals surface area contributed by atoms with E-state index in [0.717, 1.165) is 42.6 Å². The number of rotatable bonds is 3. The second-order valence-electron chi connectivity index (χ2n) is 4.57. The van der Waals surface area contributed by atoms with Gasteiger partial charge in [0.2, 0.25) is 6.08 Å². The highest BCUT2D eigenvalue weighted by molar-refractivity contribution is 5.46. The average molecular weight is 231 g/mol. The summed E-state index contributed by atoms with van der Waals surface area (Å²) in [6, 6.07) is 5.94. The summed E-state index contributed by atoms with van der Waals surface area (Å²) >= 11 is 0. The van der Waals surface area contributed by atoms with Crippen LogP contribution in [0, 0.1) is 6.92 Å². The standard InChI is InChI=1S/C14H17NO2/c1-11-12(6-5-7-13(11)17-2)14(15-10-16)8-3-4-9-14/h5-7H,3-4,8-9H2,1-2H3. The van der Waals surface area contributed by atoms with Gasteiger partial charge in [0.25, 0.3) is 0 Å². The Balaban J connectivity index is 2.54. The molecular weight excluding hydrogens is 214 g/mol. The largest absolute Gasteiger partial charge is 0.496 e. The van der Waals surface area contributed by atoms with Crippen LogP contribution in [0.2, 0.25) is 0 Å². The molecule has 3 nitrogen and oxygen atoms in total. The summed E-state index contributed by atoms with van der Waals surface area (Å²) in [5.74, 6) is 0.856. The molecule has 2 rings (SSSR count). The predicted molar refractivity (Wildman–Crippen MR) is 66.0 cm³/mol. The Bertz CT molecular complexity index is 455. The summed E-state index contributed by atoms with van der Waals surface area (Å²) in [4.78, 5) is 14.8. The van der Waals surface area contributed by atoms with Crippen molar-refractivity contribution < 1.29 is 9.53 Å². The first-order valence-electron chi connectivity index (χ1n) is 5.96. The SMILES string of the molecule is COc1cccc(C2(N=C=O)CCCC2)c1C. The van der Waals surface area contributed by atoms with Crippen LogP contribution in [-0.4, -0.2) is 13.2 Å². The van der Waals surface area contributed by atoms with E-state index < -0.39 is 0 Å². The number of methoxy groups -OCH3 is 1. The van der Waals surface area contributed by atoms with Crippen LogP contribution in [0.5, 0.6) is 5.75 Å². The molecule has 0 spiro atoms. The van der Waals surface area contributed by atoms with Crippen molar-refractivity contribution >= 4 is 6.08 Å². The average Bonchev–Trinajstić information content (AvgIpc) is 2.79. The van der Waals surface area contributed by atoms with E-state index in [1.165, 1.54) is 0 Å². The van der Waals surface area contributed by atoms with E-state index in [2.05, 4.69) is 4.99 Å². The molecule has 0 aliphatic heterocycles. The molecule has 1 aliphatic rings. The highest BCUT2D eigenvalue weighted by atomic mass is 16.5. The molecule has 90 valence electrons. The summed E-state index contributed by atoms with van der Waals surface area (Å²) in [5, 5.41) is 0. The van der Waals surface area contributed by atoms with Crippen LogP contribution in [0.15, 0.2) is 23.2 Å². The van der Waals surface area contributed by atoms with Crippen LogP contribution in [0.25, 0.3) is 0 Å². The lowest BCUT2D eigenvalue weighted by molar-refractivity contribution is 0.403. The van der Waals surface area contributed by atoms with Gasteiger partial charge in [-0.2, -0.15) is 4.99 Å². The van der Waals surface area contributed by atoms with Crippen molar-refractivity contribution in [3.8, 4) is 5.75 Å². The lowest BCUT2D eigenvalue weighted by atomic mass is 9.85. The molecule has 0 heterocycles. The van der Waals surface area contributed by atoms with Gasteiger partial charge in [0.15, 0.2) is 0 Å². The molecule has 1 aliphatic carbocycles. The van der Waals surface area contributed by atoms with Gasteiger partial charge in [-0.1, -0.05) is 25.0 Å². The number of carbonyl (C=O) groups excluding carboxylic acids is 1. The van der Waals surface area contributed by atoms with E-state index in [0.29, 0.717) is 0 Å². The maximum atomic E-state index is 10.7. The molecule has 0 amide bonds. The molecular formula is C14H17NO2. The first kappa shape index (κ1) is 11.9. The van der Waals surface area contributed by atoms with E-state index >= 15 is 0 Å². The van der Waals surface area contributed by atoms with Gasteiger partial charge in [-0.15, -0.1) is 0 Å². The number of benzene rings is 1. The smallest absolute Gasteiger partial charge is 0.235 e. The summed E-state index contributed by atoms with van der Waals surface area (Å²) in [5.41, 5.74) is 1.83. The molecule has 0 atom stereocenters. The zero-order chi connectivity index (χ0) is 12.3. The van der Waals surface area contributed by atoms with E-state index in [4.69, 9.17) is 4.74 Å². The maximum Gasteiger partial charge on any atom is 0.235 e. The van der Waals surface area contributed by atoms with Crippen molar-refractivity contribution in [1.29, 1.82) is 0 Å². The van der Waals surface area contributed by atoms with E-state index in [1.54, 1.807) is 13.2 Å². The Kier molecular flexibility index (Phi) is 3.30. The Labute approximate surface area is 102 Å². The summed E-state index contributed by atoms with van der Waals surface area (Å²) in [7, 11) is 1.66. The van der Waals surface area contributed by atoms with E-state index in [-0.39, 0.29) is 5.54 Å². The third kappa shape index (κ3) is 1.98. The van der Waals surface area contributed by atoms with Crippen LogP contribution >= 0.6 is 0 Å². The Morgan fingerprint density at radius 3 is 2.65 bits per heavy atom. The normalized spacial score (nSPS) is 17.5. The van der Waals surface area contributed by atoms with Gasteiger partial charge >= 0.3 is 0 Å². The van der Waals surface area contributed by atoms with Crippen LogP contribution < -0.4 is 4.74 Å². The zero-order valence-corrected chi connectivity index (χ0v) is 10.3. The number of hydrogen-bond donors (Lipinski definition) is 0. The molecule has 0 N–H and O–H groups in total. The fourth-order valence-corrected chi connectivity index (χ4v) is 2.83. The summed E-state index contributed by atoms with van der Waals surface area (Å²) < 4.78 is 5.33. The molecule has 3 heteroatoms. The molecule has 1 aromatic carbocycles. The van der Waals surface area contributed by atoms with Crippen molar-refractivity contribution in [2.24, 2.45) is 4.99 Å². The lowest BCUT2D eigenvalue weighted by Gasteiger charge is -2.25. The van der Waals surface area contributed by atoms with Crippen LogP contribution in [0.1, 0.15) is 36.8 Å². The molecule has 0 unspecified atom stereocenters. The lowest BCUT2D eigenvalue weighted by Crippen LogP contribution is -2.20. The zero-order valence-electron chi connectivity index (χ0n) is 10.3.